The van der Waals surface area contributed by atoms with Crippen LogP contribution in [-0.4, -0.2) is 5.78 Å². The van der Waals surface area contributed by atoms with Gasteiger partial charge in [-0.1, -0.05) is 43.7 Å². The predicted molar refractivity (Wildman–Crippen MR) is 98.5 cm³/mol. The molecule has 24 heavy (non-hydrogen) atoms. The number of rotatable bonds is 2. The Hall–Kier alpha value is -1.89. The monoisotopic (exact) mass is 316 g/mol. The van der Waals surface area contributed by atoms with Gasteiger partial charge in [0.2, 0.25) is 0 Å². The highest BCUT2D eigenvalue weighted by Crippen LogP contribution is 2.58. The van der Waals surface area contributed by atoms with E-state index < -0.39 is 0 Å². The summed E-state index contributed by atoms with van der Waals surface area (Å²) in [5.41, 5.74) is 4.01. The topological polar surface area (TPSA) is 17.1 Å². The zero-order chi connectivity index (χ0) is 16.3. The fraction of sp³-hybridized carbons (Fsp3) is 0.435. The van der Waals surface area contributed by atoms with Crippen LogP contribution in [0, 0.1) is 11.8 Å². The molecule has 0 radical (unpaired) electrons. The maximum Gasteiger partial charge on any atom is 0.163 e. The second-order valence-electron chi connectivity index (χ2n) is 8.06. The lowest BCUT2D eigenvalue weighted by atomic mass is 9.62. The summed E-state index contributed by atoms with van der Waals surface area (Å²) in [6.07, 6.45) is 11.4. The van der Waals surface area contributed by atoms with E-state index in [9.17, 15) is 4.79 Å². The van der Waals surface area contributed by atoms with Gasteiger partial charge in [-0.15, -0.1) is 0 Å². The Labute approximate surface area is 143 Å². The summed E-state index contributed by atoms with van der Waals surface area (Å²) in [7, 11) is 0. The Bertz CT molecular complexity index is 875. The highest BCUT2D eigenvalue weighted by Gasteiger charge is 2.52. The fourth-order valence-corrected chi connectivity index (χ4v) is 5.68. The predicted octanol–water partition coefficient (Wildman–Crippen LogP) is 5.60. The largest absolute Gasteiger partial charge is 0.294 e. The summed E-state index contributed by atoms with van der Waals surface area (Å²) in [6, 6.07) is 11.2. The molecule has 5 rings (SSSR count). The van der Waals surface area contributed by atoms with Gasteiger partial charge in [-0.25, -0.2) is 0 Å². The lowest BCUT2D eigenvalue weighted by molar-refractivity contribution is 0.0944. The third kappa shape index (κ3) is 1.84. The zero-order valence-corrected chi connectivity index (χ0v) is 14.3. The van der Waals surface area contributed by atoms with E-state index in [4.69, 9.17) is 0 Å². The molecule has 1 fully saturated rings. The quantitative estimate of drug-likeness (QED) is 0.659. The molecule has 1 spiro atoms. The minimum Gasteiger partial charge on any atom is -0.294 e. The lowest BCUT2D eigenvalue weighted by Crippen LogP contribution is -2.36. The van der Waals surface area contributed by atoms with Gasteiger partial charge in [0.1, 0.15) is 0 Å². The number of carbonyl (C=O) groups excluding carboxylic acids is 1. The summed E-state index contributed by atoms with van der Waals surface area (Å²) in [5, 5.41) is 2.61. The van der Waals surface area contributed by atoms with E-state index in [0.29, 0.717) is 11.7 Å². The molecule has 1 saturated carbocycles. The smallest absolute Gasteiger partial charge is 0.163 e. The van der Waals surface area contributed by atoms with E-state index in [1.54, 1.807) is 0 Å². The molecule has 0 aromatic heterocycles. The second kappa shape index (κ2) is 5.05. The van der Waals surface area contributed by atoms with E-state index in [-0.39, 0.29) is 5.41 Å². The first-order chi connectivity index (χ1) is 11.7. The molecule has 0 saturated heterocycles. The highest BCUT2D eigenvalue weighted by atomic mass is 16.1. The molecule has 2 bridgehead atoms. The SMILES string of the molecule is CCCc1cccc2cc3c(cc12)C(=O)CCC31CC2C=CC1C2. The first kappa shape index (κ1) is 14.5. The van der Waals surface area contributed by atoms with Crippen molar-refractivity contribution in [3.63, 3.8) is 0 Å². The average molecular weight is 316 g/mol. The molecule has 0 N–H and O–H groups in total. The number of aryl methyl sites for hydroxylation is 1. The van der Waals surface area contributed by atoms with Crippen molar-refractivity contribution in [2.75, 3.05) is 0 Å². The van der Waals surface area contributed by atoms with Crippen LogP contribution < -0.4 is 0 Å². The molecule has 0 aliphatic heterocycles. The third-order valence-corrected chi connectivity index (χ3v) is 6.77. The minimum absolute atomic E-state index is 0.234. The summed E-state index contributed by atoms with van der Waals surface area (Å²) in [4.78, 5) is 12.7. The van der Waals surface area contributed by atoms with Gasteiger partial charge in [-0.05, 0) is 71.6 Å². The van der Waals surface area contributed by atoms with Crippen LogP contribution >= 0.6 is 0 Å². The number of carbonyl (C=O) groups is 1. The van der Waals surface area contributed by atoms with E-state index in [0.717, 1.165) is 37.2 Å². The van der Waals surface area contributed by atoms with Gasteiger partial charge in [0.05, 0.1) is 0 Å². The summed E-state index contributed by atoms with van der Waals surface area (Å²) in [5.74, 6) is 1.74. The number of hydrogen-bond acceptors (Lipinski definition) is 1. The van der Waals surface area contributed by atoms with Gasteiger partial charge in [-0.3, -0.25) is 4.79 Å². The number of ketones is 1. The fourth-order valence-electron chi connectivity index (χ4n) is 5.68. The molecule has 3 aliphatic carbocycles. The number of hydrogen-bond donors (Lipinski definition) is 0. The lowest BCUT2D eigenvalue weighted by Gasteiger charge is -2.41. The Morgan fingerprint density at radius 3 is 2.88 bits per heavy atom. The van der Waals surface area contributed by atoms with Crippen molar-refractivity contribution < 1.29 is 4.79 Å². The number of benzene rings is 2. The molecular weight excluding hydrogens is 292 g/mol. The van der Waals surface area contributed by atoms with Crippen LogP contribution in [0.2, 0.25) is 0 Å². The molecular formula is C23H24O. The highest BCUT2D eigenvalue weighted by molar-refractivity contribution is 6.03. The van der Waals surface area contributed by atoms with Crippen LogP contribution in [0.25, 0.3) is 10.8 Å². The van der Waals surface area contributed by atoms with Crippen molar-refractivity contribution in [1.29, 1.82) is 0 Å². The summed E-state index contributed by atoms with van der Waals surface area (Å²) in [6.45, 7) is 2.22. The maximum absolute atomic E-state index is 12.7. The van der Waals surface area contributed by atoms with Crippen LogP contribution in [-0.2, 0) is 11.8 Å². The van der Waals surface area contributed by atoms with Gasteiger partial charge in [0.15, 0.2) is 5.78 Å². The van der Waals surface area contributed by atoms with E-state index >= 15 is 0 Å². The van der Waals surface area contributed by atoms with Gasteiger partial charge in [0, 0.05) is 17.4 Å². The third-order valence-electron chi connectivity index (χ3n) is 6.77. The Morgan fingerprint density at radius 2 is 2.12 bits per heavy atom. The van der Waals surface area contributed by atoms with Gasteiger partial charge in [-0.2, -0.15) is 0 Å². The minimum atomic E-state index is 0.234. The van der Waals surface area contributed by atoms with Crippen LogP contribution in [0.15, 0.2) is 42.5 Å². The molecule has 1 heteroatoms. The molecule has 0 amide bonds. The molecule has 2 aromatic carbocycles. The molecule has 3 aliphatic rings. The van der Waals surface area contributed by atoms with Crippen molar-refractivity contribution in [1.82, 2.24) is 0 Å². The zero-order valence-electron chi connectivity index (χ0n) is 14.3. The van der Waals surface area contributed by atoms with E-state index in [1.807, 2.05) is 0 Å². The van der Waals surface area contributed by atoms with E-state index in [2.05, 4.69) is 49.4 Å². The first-order valence-corrected chi connectivity index (χ1v) is 9.49. The molecule has 122 valence electrons. The molecule has 3 unspecified atom stereocenters. The maximum atomic E-state index is 12.7. The van der Waals surface area contributed by atoms with Crippen molar-refractivity contribution in [3.05, 3.63) is 59.2 Å². The Kier molecular flexibility index (Phi) is 3.04. The van der Waals surface area contributed by atoms with Crippen molar-refractivity contribution >= 4 is 16.6 Å². The van der Waals surface area contributed by atoms with Crippen molar-refractivity contribution in [3.8, 4) is 0 Å². The van der Waals surface area contributed by atoms with E-state index in [1.165, 1.54) is 34.7 Å². The second-order valence-corrected chi connectivity index (χ2v) is 8.06. The molecule has 0 heterocycles. The molecule has 1 nitrogen and oxygen atoms in total. The number of Topliss-reactive ketones (excluding diaryl/α,β-unsaturated/α-hetero) is 1. The van der Waals surface area contributed by atoms with Gasteiger partial charge in [0.25, 0.3) is 0 Å². The van der Waals surface area contributed by atoms with Crippen LogP contribution in [0.4, 0.5) is 0 Å². The normalized spacial score (nSPS) is 30.5. The number of allylic oxidation sites excluding steroid dienone is 2. The molecule has 2 aromatic rings. The van der Waals surface area contributed by atoms with Crippen molar-refractivity contribution in [2.24, 2.45) is 11.8 Å². The average Bonchev–Trinajstić information content (AvgIpc) is 3.20. The summed E-state index contributed by atoms with van der Waals surface area (Å²) >= 11 is 0. The van der Waals surface area contributed by atoms with Gasteiger partial charge < -0.3 is 0 Å². The Balaban J connectivity index is 1.75. The van der Waals surface area contributed by atoms with Gasteiger partial charge >= 0.3 is 0 Å². The van der Waals surface area contributed by atoms with Crippen LogP contribution in [0.5, 0.6) is 0 Å². The Morgan fingerprint density at radius 1 is 1.21 bits per heavy atom. The first-order valence-electron chi connectivity index (χ1n) is 9.49. The molecule has 3 atom stereocenters. The van der Waals surface area contributed by atoms with Crippen molar-refractivity contribution in [2.45, 2.75) is 50.9 Å². The van der Waals surface area contributed by atoms with Crippen LogP contribution in [0.1, 0.15) is 60.5 Å². The number of fused-ring (bicyclic) bond motifs is 6. The summed E-state index contributed by atoms with van der Waals surface area (Å²) < 4.78 is 0. The van der Waals surface area contributed by atoms with Crippen LogP contribution in [0.3, 0.4) is 0 Å². The standard InChI is InChI=1S/C23H24O/c1-2-4-16-5-3-6-17-12-21-20(13-19(16)17)22(24)9-10-23(21)14-15-7-8-18(23)11-15/h3,5-8,12-13,15,18H,2,4,9-11,14H2,1H3.